The van der Waals surface area contributed by atoms with Gasteiger partial charge in [0.2, 0.25) is 0 Å². The Morgan fingerprint density at radius 2 is 2.12 bits per heavy atom. The molecule has 0 radical (unpaired) electrons. The third-order valence-electron chi connectivity index (χ3n) is 4.96. The molecule has 0 N–H and O–H groups in total. The highest BCUT2D eigenvalue weighted by atomic mass is 14.5. The molecular formula is C16H28. The molecule has 0 saturated heterocycles. The first-order valence-electron chi connectivity index (χ1n) is 7.36. The molecule has 0 spiro atoms. The SMILES string of the molecule is CCCCC(CC)CC1CC2(C)C=CC1C2. The van der Waals surface area contributed by atoms with Crippen molar-refractivity contribution < 1.29 is 0 Å². The van der Waals surface area contributed by atoms with Crippen molar-refractivity contribution >= 4 is 0 Å². The van der Waals surface area contributed by atoms with Crippen LogP contribution in [0, 0.1) is 23.2 Å². The average Bonchev–Trinajstić information content (AvgIpc) is 2.79. The van der Waals surface area contributed by atoms with Crippen LogP contribution in [0.3, 0.4) is 0 Å². The molecule has 92 valence electrons. The van der Waals surface area contributed by atoms with Crippen molar-refractivity contribution in [1.82, 2.24) is 0 Å². The molecule has 4 unspecified atom stereocenters. The van der Waals surface area contributed by atoms with E-state index >= 15 is 0 Å². The molecule has 0 amide bonds. The Kier molecular flexibility index (Phi) is 3.77. The average molecular weight is 220 g/mol. The first kappa shape index (κ1) is 12.2. The molecular weight excluding hydrogens is 192 g/mol. The van der Waals surface area contributed by atoms with Gasteiger partial charge in [-0.05, 0) is 42.4 Å². The van der Waals surface area contributed by atoms with Crippen LogP contribution in [-0.4, -0.2) is 0 Å². The summed E-state index contributed by atoms with van der Waals surface area (Å²) in [5, 5.41) is 0. The van der Waals surface area contributed by atoms with Gasteiger partial charge in [0.15, 0.2) is 0 Å². The van der Waals surface area contributed by atoms with Crippen molar-refractivity contribution in [2.45, 2.75) is 65.7 Å². The van der Waals surface area contributed by atoms with Crippen LogP contribution in [-0.2, 0) is 0 Å². The van der Waals surface area contributed by atoms with Crippen molar-refractivity contribution in [3.8, 4) is 0 Å². The van der Waals surface area contributed by atoms with Crippen LogP contribution in [0.1, 0.15) is 65.7 Å². The number of unbranched alkanes of at least 4 members (excludes halogenated alkanes) is 1. The highest BCUT2D eigenvalue weighted by Crippen LogP contribution is 2.54. The fraction of sp³-hybridized carbons (Fsp3) is 0.875. The maximum Gasteiger partial charge on any atom is -0.0138 e. The zero-order valence-corrected chi connectivity index (χ0v) is 11.3. The summed E-state index contributed by atoms with van der Waals surface area (Å²) in [6.45, 7) is 7.15. The van der Waals surface area contributed by atoms with Gasteiger partial charge in [-0.25, -0.2) is 0 Å². The molecule has 0 aliphatic heterocycles. The number of rotatable bonds is 6. The highest BCUT2D eigenvalue weighted by Gasteiger charge is 2.43. The van der Waals surface area contributed by atoms with E-state index in [4.69, 9.17) is 0 Å². The molecule has 0 heterocycles. The Balaban J connectivity index is 1.83. The van der Waals surface area contributed by atoms with Gasteiger partial charge >= 0.3 is 0 Å². The summed E-state index contributed by atoms with van der Waals surface area (Å²) in [5.74, 6) is 2.94. The number of fused-ring (bicyclic) bond motifs is 2. The van der Waals surface area contributed by atoms with Gasteiger partial charge in [-0.15, -0.1) is 0 Å². The summed E-state index contributed by atoms with van der Waals surface area (Å²) in [6, 6.07) is 0. The normalized spacial score (nSPS) is 38.2. The van der Waals surface area contributed by atoms with E-state index in [0.717, 1.165) is 17.8 Å². The summed E-state index contributed by atoms with van der Waals surface area (Å²) in [6.07, 6.45) is 15.1. The Morgan fingerprint density at radius 1 is 1.31 bits per heavy atom. The van der Waals surface area contributed by atoms with Gasteiger partial charge < -0.3 is 0 Å². The van der Waals surface area contributed by atoms with Crippen LogP contribution in [0.4, 0.5) is 0 Å². The third kappa shape index (κ3) is 2.52. The quantitative estimate of drug-likeness (QED) is 0.540. The maximum absolute atomic E-state index is 2.51. The Labute approximate surface area is 102 Å². The number of hydrogen-bond acceptors (Lipinski definition) is 0. The van der Waals surface area contributed by atoms with Crippen LogP contribution < -0.4 is 0 Å². The molecule has 0 aromatic carbocycles. The molecule has 16 heavy (non-hydrogen) atoms. The van der Waals surface area contributed by atoms with E-state index in [0.29, 0.717) is 5.41 Å². The summed E-state index contributed by atoms with van der Waals surface area (Å²) < 4.78 is 0. The van der Waals surface area contributed by atoms with E-state index in [1.807, 2.05) is 0 Å². The molecule has 1 fully saturated rings. The third-order valence-corrected chi connectivity index (χ3v) is 4.96. The van der Waals surface area contributed by atoms with Crippen LogP contribution in [0.5, 0.6) is 0 Å². The van der Waals surface area contributed by atoms with Gasteiger partial charge in [0.25, 0.3) is 0 Å². The maximum atomic E-state index is 2.51. The lowest BCUT2D eigenvalue weighted by Gasteiger charge is -2.26. The fourth-order valence-electron chi connectivity index (χ4n) is 3.92. The Bertz CT molecular complexity index is 253. The monoisotopic (exact) mass is 220 g/mol. The van der Waals surface area contributed by atoms with Gasteiger partial charge in [0.1, 0.15) is 0 Å². The van der Waals surface area contributed by atoms with Crippen LogP contribution in [0.15, 0.2) is 12.2 Å². The minimum atomic E-state index is 0.582. The predicted molar refractivity (Wildman–Crippen MR) is 71.4 cm³/mol. The van der Waals surface area contributed by atoms with Crippen molar-refractivity contribution in [1.29, 1.82) is 0 Å². The molecule has 4 atom stereocenters. The molecule has 2 aliphatic rings. The summed E-state index contributed by atoms with van der Waals surface area (Å²) >= 11 is 0. The molecule has 0 aromatic rings. The lowest BCUT2D eigenvalue weighted by molar-refractivity contribution is 0.294. The van der Waals surface area contributed by atoms with Crippen LogP contribution in [0.25, 0.3) is 0 Å². The van der Waals surface area contributed by atoms with E-state index in [9.17, 15) is 0 Å². The van der Waals surface area contributed by atoms with Gasteiger partial charge in [-0.1, -0.05) is 58.6 Å². The minimum Gasteiger partial charge on any atom is -0.0846 e. The zero-order valence-electron chi connectivity index (χ0n) is 11.3. The lowest BCUT2D eigenvalue weighted by Crippen LogP contribution is -2.15. The Morgan fingerprint density at radius 3 is 2.62 bits per heavy atom. The Hall–Kier alpha value is -0.260. The van der Waals surface area contributed by atoms with Gasteiger partial charge in [-0.3, -0.25) is 0 Å². The van der Waals surface area contributed by atoms with Gasteiger partial charge in [0, 0.05) is 0 Å². The van der Waals surface area contributed by atoms with Gasteiger partial charge in [-0.2, -0.15) is 0 Å². The first-order chi connectivity index (χ1) is 7.67. The summed E-state index contributed by atoms with van der Waals surface area (Å²) in [4.78, 5) is 0. The molecule has 2 aliphatic carbocycles. The second-order valence-corrected chi connectivity index (χ2v) is 6.50. The van der Waals surface area contributed by atoms with E-state index in [2.05, 4.69) is 32.9 Å². The van der Waals surface area contributed by atoms with E-state index in [1.54, 1.807) is 0 Å². The van der Waals surface area contributed by atoms with Crippen molar-refractivity contribution in [3.63, 3.8) is 0 Å². The zero-order chi connectivity index (χ0) is 11.6. The molecule has 1 saturated carbocycles. The molecule has 0 nitrogen and oxygen atoms in total. The van der Waals surface area contributed by atoms with Crippen molar-refractivity contribution in [2.24, 2.45) is 23.2 Å². The molecule has 2 bridgehead atoms. The number of hydrogen-bond donors (Lipinski definition) is 0. The fourth-order valence-corrected chi connectivity index (χ4v) is 3.92. The summed E-state index contributed by atoms with van der Waals surface area (Å²) in [5.41, 5.74) is 0.582. The van der Waals surface area contributed by atoms with Crippen molar-refractivity contribution in [3.05, 3.63) is 12.2 Å². The van der Waals surface area contributed by atoms with Crippen LogP contribution in [0.2, 0.25) is 0 Å². The molecule has 2 rings (SSSR count). The highest BCUT2D eigenvalue weighted by molar-refractivity contribution is 5.16. The molecule has 0 aromatic heterocycles. The standard InChI is InChI=1S/C16H28/c1-4-6-7-13(5-2)10-15-12-16(3)9-8-14(15)11-16/h8-9,13-15H,4-7,10-12H2,1-3H3. The largest absolute Gasteiger partial charge is 0.0846 e. The van der Waals surface area contributed by atoms with Crippen LogP contribution >= 0.6 is 0 Å². The topological polar surface area (TPSA) is 0 Å². The van der Waals surface area contributed by atoms with E-state index in [1.165, 1.54) is 44.9 Å². The van der Waals surface area contributed by atoms with Crippen molar-refractivity contribution in [2.75, 3.05) is 0 Å². The predicted octanol–water partition coefficient (Wildman–Crippen LogP) is 5.20. The van der Waals surface area contributed by atoms with E-state index in [-0.39, 0.29) is 0 Å². The summed E-state index contributed by atoms with van der Waals surface area (Å²) in [7, 11) is 0. The molecule has 0 heteroatoms. The minimum absolute atomic E-state index is 0.582. The van der Waals surface area contributed by atoms with E-state index < -0.39 is 0 Å². The number of allylic oxidation sites excluding steroid dienone is 2. The van der Waals surface area contributed by atoms with Gasteiger partial charge in [0.05, 0.1) is 0 Å². The second-order valence-electron chi connectivity index (χ2n) is 6.50. The second kappa shape index (κ2) is 4.94. The lowest BCUT2D eigenvalue weighted by atomic mass is 9.80. The smallest absolute Gasteiger partial charge is 0.0138 e. The first-order valence-corrected chi connectivity index (χ1v) is 7.36.